The molecule has 4 heteroatoms. The summed E-state index contributed by atoms with van der Waals surface area (Å²) in [6.07, 6.45) is 4.91. The Morgan fingerprint density at radius 3 is 2.76 bits per heavy atom. The summed E-state index contributed by atoms with van der Waals surface area (Å²) in [7, 11) is 0. The van der Waals surface area contributed by atoms with E-state index in [0.717, 1.165) is 32.6 Å². The fourth-order valence-corrected chi connectivity index (χ4v) is 2.82. The van der Waals surface area contributed by atoms with Gasteiger partial charge in [-0.2, -0.15) is 0 Å². The van der Waals surface area contributed by atoms with Crippen molar-refractivity contribution >= 4 is 5.91 Å². The van der Waals surface area contributed by atoms with Crippen LogP contribution >= 0.6 is 0 Å². The summed E-state index contributed by atoms with van der Waals surface area (Å²) in [4.78, 5) is 15.8. The number of carbonyl (C=O) groups excluding carboxylic acids is 1. The molecule has 1 aliphatic heterocycles. The van der Waals surface area contributed by atoms with Gasteiger partial charge in [0.1, 0.15) is 0 Å². The van der Waals surface area contributed by atoms with E-state index in [4.69, 9.17) is 5.11 Å². The number of hydrogen-bond acceptors (Lipinski definition) is 3. The van der Waals surface area contributed by atoms with Crippen molar-refractivity contribution in [2.75, 3.05) is 32.8 Å². The average molecular weight is 240 g/mol. The van der Waals surface area contributed by atoms with Gasteiger partial charge in [-0.3, -0.25) is 9.69 Å². The van der Waals surface area contributed by atoms with Crippen molar-refractivity contribution in [3.63, 3.8) is 0 Å². The first-order valence-electron chi connectivity index (χ1n) is 6.81. The first-order chi connectivity index (χ1) is 8.20. The minimum atomic E-state index is 0.204. The van der Waals surface area contributed by atoms with Crippen LogP contribution in [-0.2, 0) is 4.79 Å². The van der Waals surface area contributed by atoms with Crippen LogP contribution in [0.1, 0.15) is 32.6 Å². The first-order valence-corrected chi connectivity index (χ1v) is 6.81. The van der Waals surface area contributed by atoms with E-state index in [1.54, 1.807) is 6.92 Å². The summed E-state index contributed by atoms with van der Waals surface area (Å²) < 4.78 is 0. The van der Waals surface area contributed by atoms with Crippen LogP contribution in [0, 0.1) is 5.92 Å². The van der Waals surface area contributed by atoms with Crippen molar-refractivity contribution in [1.29, 1.82) is 0 Å². The number of aliphatic hydroxyl groups excluding tert-OH is 1. The van der Waals surface area contributed by atoms with Crippen LogP contribution in [0.25, 0.3) is 0 Å². The van der Waals surface area contributed by atoms with Gasteiger partial charge in [0, 0.05) is 39.1 Å². The summed E-state index contributed by atoms with van der Waals surface area (Å²) >= 11 is 0. The van der Waals surface area contributed by atoms with Gasteiger partial charge in [0.05, 0.1) is 6.61 Å². The molecule has 1 aliphatic carbocycles. The lowest BCUT2D eigenvalue weighted by Gasteiger charge is -2.35. The third kappa shape index (κ3) is 3.68. The molecule has 2 aliphatic rings. The molecule has 0 aromatic rings. The molecule has 2 fully saturated rings. The predicted octanol–water partition coefficient (Wildman–Crippen LogP) is 0.702. The average Bonchev–Trinajstić information content (AvgIpc) is 3.13. The van der Waals surface area contributed by atoms with Crippen molar-refractivity contribution in [1.82, 2.24) is 9.80 Å². The standard InChI is InChI=1S/C13H24N2O2/c1-11(17)14-6-2-3-12(9-14)10-15(7-8-16)13-4-5-13/h12-13,16H,2-10H2,1H3. The molecule has 98 valence electrons. The highest BCUT2D eigenvalue weighted by atomic mass is 16.3. The third-order valence-electron chi connectivity index (χ3n) is 3.91. The van der Waals surface area contributed by atoms with E-state index in [1.807, 2.05) is 4.90 Å². The van der Waals surface area contributed by atoms with Crippen molar-refractivity contribution in [3.05, 3.63) is 0 Å². The summed E-state index contributed by atoms with van der Waals surface area (Å²) in [5.74, 6) is 0.801. The van der Waals surface area contributed by atoms with E-state index in [2.05, 4.69) is 4.90 Å². The predicted molar refractivity (Wildman–Crippen MR) is 66.7 cm³/mol. The van der Waals surface area contributed by atoms with Crippen LogP contribution in [0.3, 0.4) is 0 Å². The summed E-state index contributed by atoms with van der Waals surface area (Å²) in [6.45, 7) is 5.59. The highest BCUT2D eigenvalue weighted by Crippen LogP contribution is 2.28. The topological polar surface area (TPSA) is 43.8 Å². The molecule has 2 rings (SSSR count). The molecular formula is C13H24N2O2. The van der Waals surface area contributed by atoms with E-state index >= 15 is 0 Å². The zero-order valence-corrected chi connectivity index (χ0v) is 10.8. The molecule has 0 bridgehead atoms. The summed E-state index contributed by atoms with van der Waals surface area (Å²) in [6, 6.07) is 0.704. The zero-order chi connectivity index (χ0) is 12.3. The molecule has 0 aromatic heterocycles. The van der Waals surface area contributed by atoms with Crippen LogP contribution in [0.4, 0.5) is 0 Å². The number of carbonyl (C=O) groups is 1. The van der Waals surface area contributed by atoms with Gasteiger partial charge in [-0.1, -0.05) is 0 Å². The Labute approximate surface area is 104 Å². The van der Waals surface area contributed by atoms with Gasteiger partial charge in [-0.15, -0.1) is 0 Å². The minimum absolute atomic E-state index is 0.204. The minimum Gasteiger partial charge on any atom is -0.395 e. The maximum atomic E-state index is 11.4. The maximum absolute atomic E-state index is 11.4. The number of rotatable bonds is 5. The van der Waals surface area contributed by atoms with E-state index in [1.165, 1.54) is 19.3 Å². The van der Waals surface area contributed by atoms with Gasteiger partial charge in [0.25, 0.3) is 0 Å². The Bertz CT molecular complexity index is 266. The van der Waals surface area contributed by atoms with Gasteiger partial charge in [0.15, 0.2) is 0 Å². The summed E-state index contributed by atoms with van der Waals surface area (Å²) in [5.41, 5.74) is 0. The summed E-state index contributed by atoms with van der Waals surface area (Å²) in [5, 5.41) is 9.08. The number of amides is 1. The highest BCUT2D eigenvalue weighted by molar-refractivity contribution is 5.73. The molecule has 1 amide bonds. The van der Waals surface area contributed by atoms with Crippen LogP contribution in [-0.4, -0.2) is 59.6 Å². The molecule has 1 saturated carbocycles. The second kappa shape index (κ2) is 5.83. The lowest BCUT2D eigenvalue weighted by molar-refractivity contribution is -0.130. The lowest BCUT2D eigenvalue weighted by atomic mass is 9.97. The fourth-order valence-electron chi connectivity index (χ4n) is 2.82. The molecule has 1 unspecified atom stereocenters. The van der Waals surface area contributed by atoms with Crippen LogP contribution < -0.4 is 0 Å². The zero-order valence-electron chi connectivity index (χ0n) is 10.8. The quantitative estimate of drug-likeness (QED) is 0.769. The molecule has 1 heterocycles. The molecule has 0 spiro atoms. The second-order valence-corrected chi connectivity index (χ2v) is 5.42. The largest absolute Gasteiger partial charge is 0.395 e. The van der Waals surface area contributed by atoms with Crippen molar-refractivity contribution in [3.8, 4) is 0 Å². The number of aliphatic hydroxyl groups is 1. The Morgan fingerprint density at radius 1 is 1.41 bits per heavy atom. The number of nitrogens with zero attached hydrogens (tertiary/aromatic N) is 2. The Kier molecular flexibility index (Phi) is 4.40. The normalized spacial score (nSPS) is 25.4. The molecule has 1 atom stereocenters. The number of hydrogen-bond donors (Lipinski definition) is 1. The van der Waals surface area contributed by atoms with E-state index in [9.17, 15) is 4.79 Å². The van der Waals surface area contributed by atoms with E-state index in [-0.39, 0.29) is 12.5 Å². The van der Waals surface area contributed by atoms with E-state index in [0.29, 0.717) is 12.0 Å². The van der Waals surface area contributed by atoms with Gasteiger partial charge in [0.2, 0.25) is 5.91 Å². The molecule has 1 saturated heterocycles. The second-order valence-electron chi connectivity index (χ2n) is 5.42. The molecule has 4 nitrogen and oxygen atoms in total. The molecular weight excluding hydrogens is 216 g/mol. The molecule has 1 N–H and O–H groups in total. The monoisotopic (exact) mass is 240 g/mol. The number of likely N-dealkylation sites (tertiary alicyclic amines) is 1. The maximum Gasteiger partial charge on any atom is 0.219 e. The molecule has 0 aromatic carbocycles. The van der Waals surface area contributed by atoms with Crippen molar-refractivity contribution < 1.29 is 9.90 Å². The van der Waals surface area contributed by atoms with Gasteiger partial charge in [-0.05, 0) is 31.6 Å². The third-order valence-corrected chi connectivity index (χ3v) is 3.91. The van der Waals surface area contributed by atoms with Crippen LogP contribution in [0.5, 0.6) is 0 Å². The smallest absolute Gasteiger partial charge is 0.219 e. The van der Waals surface area contributed by atoms with Crippen LogP contribution in [0.15, 0.2) is 0 Å². The van der Waals surface area contributed by atoms with Gasteiger partial charge < -0.3 is 10.0 Å². The van der Waals surface area contributed by atoms with Gasteiger partial charge >= 0.3 is 0 Å². The SMILES string of the molecule is CC(=O)N1CCCC(CN(CCO)C2CC2)C1. The fraction of sp³-hybridized carbons (Fsp3) is 0.923. The number of piperidine rings is 1. The van der Waals surface area contributed by atoms with Crippen molar-refractivity contribution in [2.45, 2.75) is 38.6 Å². The Morgan fingerprint density at radius 2 is 2.18 bits per heavy atom. The lowest BCUT2D eigenvalue weighted by Crippen LogP contribution is -2.44. The Hall–Kier alpha value is -0.610. The first kappa shape index (κ1) is 12.8. The highest BCUT2D eigenvalue weighted by Gasteiger charge is 2.31. The van der Waals surface area contributed by atoms with E-state index < -0.39 is 0 Å². The van der Waals surface area contributed by atoms with Crippen molar-refractivity contribution in [2.24, 2.45) is 5.92 Å². The Balaban J connectivity index is 1.82. The molecule has 0 radical (unpaired) electrons. The van der Waals surface area contributed by atoms with Gasteiger partial charge in [-0.25, -0.2) is 0 Å². The van der Waals surface area contributed by atoms with Crippen LogP contribution in [0.2, 0.25) is 0 Å². The molecule has 17 heavy (non-hydrogen) atoms.